The Morgan fingerprint density at radius 1 is 0.519 bits per heavy atom. The molecule has 258 valence electrons. The molecule has 0 radical (unpaired) electrons. The van der Waals surface area contributed by atoms with Crippen LogP contribution >= 0.6 is 22.7 Å². The van der Waals surface area contributed by atoms with Gasteiger partial charge >= 0.3 is 0 Å². The molecule has 3 aromatic rings. The van der Waals surface area contributed by atoms with Crippen molar-refractivity contribution in [2.75, 3.05) is 0 Å². The minimum absolute atomic E-state index is 0.0909. The zero-order valence-corrected chi connectivity index (χ0v) is 30.6. The average molecular weight is 720 g/mol. The molecule has 0 saturated heterocycles. The van der Waals surface area contributed by atoms with Crippen LogP contribution in [-0.4, -0.2) is 28.1 Å². The number of fused-ring (bicyclic) bond motifs is 12. The maximum Gasteiger partial charge on any atom is 0.197 e. The molecule has 4 saturated carbocycles. The summed E-state index contributed by atoms with van der Waals surface area (Å²) in [4.78, 5) is 62.3. The molecule has 0 unspecified atom stereocenters. The lowest BCUT2D eigenvalue weighted by atomic mass is 9.66. The van der Waals surface area contributed by atoms with Crippen LogP contribution in [0.15, 0.2) is 75.9 Å². The zero-order valence-electron chi connectivity index (χ0n) is 29.0. The SMILES string of the molecule is O=C1C(=Cc2cc3c(s2)-c2cc4c(cc2C32CCCCC2)-c2sc(C=C3C(=O)C5=CCCC=C5C3=O)nc2C42CCCCC2)C(=O)C2=CCCC=C12. The molecule has 7 heteroatoms. The molecular formula is C45H37NO4S2. The van der Waals surface area contributed by atoms with Crippen molar-refractivity contribution in [3.63, 3.8) is 0 Å². The number of hydrogen-bond acceptors (Lipinski definition) is 7. The Morgan fingerprint density at radius 3 is 1.56 bits per heavy atom. The van der Waals surface area contributed by atoms with Crippen LogP contribution in [0.25, 0.3) is 33.0 Å². The first-order valence-corrected chi connectivity index (χ1v) is 20.8. The van der Waals surface area contributed by atoms with Crippen LogP contribution in [0, 0.1) is 0 Å². The van der Waals surface area contributed by atoms with E-state index < -0.39 is 0 Å². The van der Waals surface area contributed by atoms with Gasteiger partial charge in [0.1, 0.15) is 5.01 Å². The van der Waals surface area contributed by atoms with E-state index in [0.29, 0.717) is 27.9 Å². The first-order valence-electron chi connectivity index (χ1n) is 19.2. The van der Waals surface area contributed by atoms with E-state index in [-0.39, 0.29) is 39.5 Å². The normalized spacial score (nSPS) is 23.2. The fraction of sp³-hybridized carbons (Fsp3) is 0.356. The van der Waals surface area contributed by atoms with Gasteiger partial charge in [-0.1, -0.05) is 62.8 Å². The van der Waals surface area contributed by atoms with Crippen LogP contribution in [0.1, 0.15) is 122 Å². The monoisotopic (exact) mass is 719 g/mol. The second kappa shape index (κ2) is 11.1. The number of Topliss-reactive ketones (excluding diaryl/α,β-unsaturated/α-hetero) is 4. The van der Waals surface area contributed by atoms with E-state index in [0.717, 1.165) is 79.8 Å². The van der Waals surface area contributed by atoms with Gasteiger partial charge in [0.05, 0.1) is 21.7 Å². The number of benzene rings is 1. The van der Waals surface area contributed by atoms with E-state index in [1.165, 1.54) is 63.3 Å². The van der Waals surface area contributed by atoms with Gasteiger partial charge in [0.15, 0.2) is 23.1 Å². The number of allylic oxidation sites excluding steroid dienone is 10. The molecule has 11 rings (SSSR count). The summed E-state index contributed by atoms with van der Waals surface area (Å²) in [5.41, 5.74) is 10.5. The summed E-state index contributed by atoms with van der Waals surface area (Å²) < 4.78 is 0. The highest BCUT2D eigenvalue weighted by Crippen LogP contribution is 2.64. The second-order valence-corrected chi connectivity index (χ2v) is 18.0. The Balaban J connectivity index is 1.05. The maximum atomic E-state index is 13.4. The number of aromatic nitrogens is 1. The Hall–Kier alpha value is -4.33. The van der Waals surface area contributed by atoms with Gasteiger partial charge in [-0.15, -0.1) is 22.7 Å². The summed E-state index contributed by atoms with van der Waals surface area (Å²) in [5, 5.41) is 0.754. The van der Waals surface area contributed by atoms with Crippen LogP contribution in [0.4, 0.5) is 0 Å². The average Bonchev–Trinajstić information content (AvgIpc) is 3.99. The molecule has 5 nitrogen and oxygen atoms in total. The van der Waals surface area contributed by atoms with Gasteiger partial charge in [0.2, 0.25) is 0 Å². The lowest BCUT2D eigenvalue weighted by Crippen LogP contribution is -2.29. The van der Waals surface area contributed by atoms with Gasteiger partial charge in [-0.25, -0.2) is 4.98 Å². The van der Waals surface area contributed by atoms with Crippen molar-refractivity contribution in [2.24, 2.45) is 0 Å². The first-order chi connectivity index (χ1) is 25.4. The number of carbonyl (C=O) groups excluding carboxylic acids is 4. The predicted octanol–water partition coefficient (Wildman–Crippen LogP) is 10.0. The van der Waals surface area contributed by atoms with Gasteiger partial charge in [-0.3, -0.25) is 19.2 Å². The lowest BCUT2D eigenvalue weighted by Gasteiger charge is -2.37. The number of thiophene rings is 1. The highest BCUT2D eigenvalue weighted by molar-refractivity contribution is 7.17. The van der Waals surface area contributed by atoms with Crippen LogP contribution in [0.5, 0.6) is 0 Å². The topological polar surface area (TPSA) is 81.2 Å². The van der Waals surface area contributed by atoms with Crippen LogP contribution < -0.4 is 0 Å². The number of nitrogens with zero attached hydrogens (tertiary/aromatic N) is 1. The number of carbonyl (C=O) groups is 4. The maximum absolute atomic E-state index is 13.4. The molecule has 0 atom stereocenters. The van der Waals surface area contributed by atoms with Crippen molar-refractivity contribution < 1.29 is 19.2 Å². The first kappa shape index (κ1) is 31.2. The molecular weight excluding hydrogens is 683 g/mol. The second-order valence-electron chi connectivity index (χ2n) is 15.9. The molecule has 0 N–H and O–H groups in total. The summed E-state index contributed by atoms with van der Waals surface area (Å²) in [6.07, 6.45) is 25.9. The van der Waals surface area contributed by atoms with Crippen LogP contribution in [0.2, 0.25) is 0 Å². The third kappa shape index (κ3) is 4.07. The van der Waals surface area contributed by atoms with Crippen LogP contribution in [-0.2, 0) is 30.0 Å². The molecule has 2 aromatic heterocycles. The molecule has 52 heavy (non-hydrogen) atoms. The van der Waals surface area contributed by atoms with Crippen molar-refractivity contribution in [1.82, 2.24) is 4.98 Å². The Kier molecular flexibility index (Phi) is 6.66. The van der Waals surface area contributed by atoms with Gasteiger partial charge < -0.3 is 0 Å². The third-order valence-electron chi connectivity index (χ3n) is 13.3. The van der Waals surface area contributed by atoms with E-state index in [4.69, 9.17) is 4.98 Å². The fourth-order valence-corrected chi connectivity index (χ4v) is 13.2. The largest absolute Gasteiger partial charge is 0.288 e. The van der Waals surface area contributed by atoms with E-state index >= 15 is 0 Å². The smallest absolute Gasteiger partial charge is 0.197 e. The van der Waals surface area contributed by atoms with E-state index in [1.807, 2.05) is 30.4 Å². The summed E-state index contributed by atoms with van der Waals surface area (Å²) in [6, 6.07) is 7.30. The number of thiazole rings is 1. The summed E-state index contributed by atoms with van der Waals surface area (Å²) in [6.45, 7) is 0. The van der Waals surface area contributed by atoms with Gasteiger partial charge in [0, 0.05) is 42.9 Å². The summed E-state index contributed by atoms with van der Waals surface area (Å²) >= 11 is 3.38. The van der Waals surface area contributed by atoms with E-state index in [1.54, 1.807) is 28.7 Å². The van der Waals surface area contributed by atoms with Crippen molar-refractivity contribution >= 4 is 58.0 Å². The van der Waals surface area contributed by atoms with Crippen molar-refractivity contribution in [3.8, 4) is 20.9 Å². The fourth-order valence-electron chi connectivity index (χ4n) is 10.9. The van der Waals surface area contributed by atoms with E-state index in [9.17, 15) is 19.2 Å². The molecule has 0 bridgehead atoms. The highest BCUT2D eigenvalue weighted by atomic mass is 32.1. The van der Waals surface area contributed by atoms with Gasteiger partial charge in [-0.2, -0.15) is 0 Å². The molecule has 4 fully saturated rings. The summed E-state index contributed by atoms with van der Waals surface area (Å²) in [5.74, 6) is -0.576. The lowest BCUT2D eigenvalue weighted by molar-refractivity contribution is -0.116. The number of rotatable bonds is 2. The number of ketones is 4. The Bertz CT molecular complexity index is 2200. The predicted molar refractivity (Wildman–Crippen MR) is 205 cm³/mol. The standard InChI is InChI=1S/C45H37NO4S2/c47-37-25-11-3-4-12-26(25)38(48)31(37)19-24-20-35-41(51-24)29-21-34-30(22-33(29)44(35)15-7-1-8-16-44)42-43(45(34)17-9-2-10-18-45)46-36(52-42)23-32-39(49)27-13-5-6-14-28(27)40(32)50/h11-14,19-23H,1-10,15-18H2. The minimum Gasteiger partial charge on any atom is -0.288 e. The van der Waals surface area contributed by atoms with Gasteiger partial charge in [-0.05, 0) is 110 Å². The quantitative estimate of drug-likeness (QED) is 0.195. The van der Waals surface area contributed by atoms with Crippen molar-refractivity contribution in [3.05, 3.63) is 108 Å². The highest BCUT2D eigenvalue weighted by Gasteiger charge is 2.51. The number of hydrogen-bond donors (Lipinski definition) is 0. The van der Waals surface area contributed by atoms with Crippen molar-refractivity contribution in [1.29, 1.82) is 0 Å². The molecule has 8 aliphatic carbocycles. The van der Waals surface area contributed by atoms with Crippen molar-refractivity contribution in [2.45, 2.75) is 101 Å². The molecule has 0 aliphatic heterocycles. The molecule has 2 spiro atoms. The Morgan fingerprint density at radius 2 is 1.00 bits per heavy atom. The van der Waals surface area contributed by atoms with E-state index in [2.05, 4.69) is 18.2 Å². The minimum atomic E-state index is -0.182. The molecule has 0 amide bonds. The molecule has 2 heterocycles. The molecule has 8 aliphatic rings. The van der Waals surface area contributed by atoms with Gasteiger partial charge in [0.25, 0.3) is 0 Å². The Labute approximate surface area is 310 Å². The van der Waals surface area contributed by atoms with Crippen LogP contribution in [0.3, 0.4) is 0 Å². The third-order valence-corrected chi connectivity index (χ3v) is 15.4. The summed E-state index contributed by atoms with van der Waals surface area (Å²) in [7, 11) is 0. The zero-order chi connectivity index (χ0) is 34.9. The molecule has 1 aromatic carbocycles.